The minimum Gasteiger partial charge on any atom is -0.312 e. The number of piperidine rings is 1. The first kappa shape index (κ1) is 10.4. The molecule has 0 amide bonds. The minimum absolute atomic E-state index is 0.648. The Hall–Kier alpha value is -0.0800. The van der Waals surface area contributed by atoms with Crippen molar-refractivity contribution < 1.29 is 0 Å². The lowest BCUT2D eigenvalue weighted by atomic mass is 10.0. The van der Waals surface area contributed by atoms with Gasteiger partial charge < -0.3 is 10.2 Å². The van der Waals surface area contributed by atoms with Gasteiger partial charge >= 0.3 is 0 Å². The molecule has 1 aliphatic heterocycles. The van der Waals surface area contributed by atoms with Crippen molar-refractivity contribution >= 4 is 0 Å². The topological polar surface area (TPSA) is 15.3 Å². The van der Waals surface area contributed by atoms with E-state index in [0.717, 1.165) is 12.0 Å². The van der Waals surface area contributed by atoms with Crippen LogP contribution in [0.2, 0.25) is 0 Å². The molecular formula is C12H24N2. The van der Waals surface area contributed by atoms with Gasteiger partial charge in [-0.05, 0) is 44.7 Å². The van der Waals surface area contributed by atoms with Crippen molar-refractivity contribution in [3.8, 4) is 0 Å². The van der Waals surface area contributed by atoms with Crippen LogP contribution in [0.25, 0.3) is 0 Å². The van der Waals surface area contributed by atoms with Gasteiger partial charge in [0.25, 0.3) is 0 Å². The van der Waals surface area contributed by atoms with Crippen LogP contribution in [-0.2, 0) is 0 Å². The number of nitrogens with zero attached hydrogens (tertiary/aromatic N) is 1. The zero-order valence-corrected chi connectivity index (χ0v) is 9.63. The number of nitrogens with one attached hydrogen (secondary N) is 1. The summed E-state index contributed by atoms with van der Waals surface area (Å²) >= 11 is 0. The Balaban J connectivity index is 1.63. The first-order valence-corrected chi connectivity index (χ1v) is 6.22. The maximum atomic E-state index is 3.64. The maximum Gasteiger partial charge on any atom is 0.00937 e. The van der Waals surface area contributed by atoms with E-state index in [2.05, 4.69) is 24.1 Å². The first-order valence-electron chi connectivity index (χ1n) is 6.22. The largest absolute Gasteiger partial charge is 0.312 e. The summed E-state index contributed by atoms with van der Waals surface area (Å²) in [4.78, 5) is 2.66. The third kappa shape index (κ3) is 3.25. The standard InChI is InChI=1S/C12H24N2/c1-10(2)13-12-5-7-14(8-6-12)9-11-3-4-11/h10-13H,3-9H2,1-2H3. The predicted octanol–water partition coefficient (Wildman–Crippen LogP) is 1.86. The number of rotatable bonds is 4. The van der Waals surface area contributed by atoms with Gasteiger partial charge in [0.2, 0.25) is 0 Å². The maximum absolute atomic E-state index is 3.64. The Morgan fingerprint density at radius 2 is 1.79 bits per heavy atom. The lowest BCUT2D eigenvalue weighted by molar-refractivity contribution is 0.187. The van der Waals surface area contributed by atoms with Crippen molar-refractivity contribution in [1.29, 1.82) is 0 Å². The van der Waals surface area contributed by atoms with E-state index < -0.39 is 0 Å². The lowest BCUT2D eigenvalue weighted by Crippen LogP contribution is -2.45. The Morgan fingerprint density at radius 3 is 2.29 bits per heavy atom. The molecule has 2 nitrogen and oxygen atoms in total. The summed E-state index contributed by atoms with van der Waals surface area (Å²) in [5, 5.41) is 3.64. The van der Waals surface area contributed by atoms with Crippen LogP contribution >= 0.6 is 0 Å². The molecule has 2 fully saturated rings. The van der Waals surface area contributed by atoms with Crippen molar-refractivity contribution in [3.05, 3.63) is 0 Å². The molecule has 1 aliphatic carbocycles. The molecule has 1 N–H and O–H groups in total. The second kappa shape index (κ2) is 4.63. The third-order valence-corrected chi connectivity index (χ3v) is 3.37. The van der Waals surface area contributed by atoms with E-state index in [1.54, 1.807) is 0 Å². The van der Waals surface area contributed by atoms with Gasteiger partial charge in [0, 0.05) is 18.6 Å². The highest BCUT2D eigenvalue weighted by Crippen LogP contribution is 2.30. The molecule has 0 spiro atoms. The smallest absolute Gasteiger partial charge is 0.00937 e. The zero-order chi connectivity index (χ0) is 9.97. The molecule has 14 heavy (non-hydrogen) atoms. The van der Waals surface area contributed by atoms with E-state index in [1.807, 2.05) is 0 Å². The molecule has 0 radical (unpaired) electrons. The van der Waals surface area contributed by atoms with E-state index in [-0.39, 0.29) is 0 Å². The number of likely N-dealkylation sites (tertiary alicyclic amines) is 1. The highest BCUT2D eigenvalue weighted by atomic mass is 15.1. The van der Waals surface area contributed by atoms with Crippen molar-refractivity contribution in [2.24, 2.45) is 5.92 Å². The SMILES string of the molecule is CC(C)NC1CCN(CC2CC2)CC1. The molecule has 1 saturated carbocycles. The Labute approximate surface area is 88.1 Å². The summed E-state index contributed by atoms with van der Waals surface area (Å²) < 4.78 is 0. The molecule has 0 aromatic heterocycles. The Bertz CT molecular complexity index is 155. The van der Waals surface area contributed by atoms with E-state index in [0.29, 0.717) is 6.04 Å². The molecule has 0 bridgehead atoms. The van der Waals surface area contributed by atoms with Crippen molar-refractivity contribution in [1.82, 2.24) is 10.2 Å². The number of hydrogen-bond acceptors (Lipinski definition) is 2. The lowest BCUT2D eigenvalue weighted by Gasteiger charge is -2.33. The summed E-state index contributed by atoms with van der Waals surface area (Å²) in [5.74, 6) is 1.06. The summed E-state index contributed by atoms with van der Waals surface area (Å²) in [6.07, 6.45) is 5.68. The van der Waals surface area contributed by atoms with Crippen LogP contribution in [0.5, 0.6) is 0 Å². The molecule has 0 aromatic carbocycles. The van der Waals surface area contributed by atoms with Crippen LogP contribution in [0, 0.1) is 5.92 Å². The normalized spacial score (nSPS) is 25.9. The van der Waals surface area contributed by atoms with Crippen molar-refractivity contribution in [2.75, 3.05) is 19.6 Å². The monoisotopic (exact) mass is 196 g/mol. The average molecular weight is 196 g/mol. The van der Waals surface area contributed by atoms with Crippen LogP contribution in [-0.4, -0.2) is 36.6 Å². The van der Waals surface area contributed by atoms with Gasteiger partial charge in [-0.3, -0.25) is 0 Å². The van der Waals surface area contributed by atoms with Gasteiger partial charge in [-0.2, -0.15) is 0 Å². The Kier molecular flexibility index (Phi) is 3.45. The predicted molar refractivity (Wildman–Crippen MR) is 60.5 cm³/mol. The highest BCUT2D eigenvalue weighted by molar-refractivity contribution is 4.82. The van der Waals surface area contributed by atoms with Crippen LogP contribution in [0.4, 0.5) is 0 Å². The number of hydrogen-bond donors (Lipinski definition) is 1. The molecule has 1 saturated heterocycles. The average Bonchev–Trinajstić information content (AvgIpc) is 2.91. The van der Waals surface area contributed by atoms with Gasteiger partial charge in [-0.15, -0.1) is 0 Å². The minimum atomic E-state index is 0.648. The van der Waals surface area contributed by atoms with E-state index in [1.165, 1.54) is 45.3 Å². The summed E-state index contributed by atoms with van der Waals surface area (Å²) in [6.45, 7) is 8.52. The van der Waals surface area contributed by atoms with Crippen molar-refractivity contribution in [3.63, 3.8) is 0 Å². The summed E-state index contributed by atoms with van der Waals surface area (Å²) in [6, 6.07) is 1.43. The summed E-state index contributed by atoms with van der Waals surface area (Å²) in [7, 11) is 0. The molecule has 0 atom stereocenters. The van der Waals surface area contributed by atoms with Crippen LogP contribution in [0.3, 0.4) is 0 Å². The van der Waals surface area contributed by atoms with Crippen LogP contribution < -0.4 is 5.32 Å². The van der Waals surface area contributed by atoms with Gasteiger partial charge in [0.05, 0.1) is 0 Å². The van der Waals surface area contributed by atoms with E-state index >= 15 is 0 Å². The fourth-order valence-electron chi connectivity index (χ4n) is 2.42. The molecule has 0 aromatic rings. The molecule has 2 aliphatic rings. The second-order valence-corrected chi connectivity index (χ2v) is 5.34. The molecule has 82 valence electrons. The van der Waals surface area contributed by atoms with Gasteiger partial charge in [-0.25, -0.2) is 0 Å². The second-order valence-electron chi connectivity index (χ2n) is 5.34. The van der Waals surface area contributed by atoms with Gasteiger partial charge in [0.1, 0.15) is 0 Å². The van der Waals surface area contributed by atoms with E-state index in [4.69, 9.17) is 0 Å². The first-order chi connectivity index (χ1) is 6.74. The van der Waals surface area contributed by atoms with Gasteiger partial charge in [0.15, 0.2) is 0 Å². The van der Waals surface area contributed by atoms with Gasteiger partial charge in [-0.1, -0.05) is 13.8 Å². The van der Waals surface area contributed by atoms with Crippen LogP contribution in [0.15, 0.2) is 0 Å². The Morgan fingerprint density at radius 1 is 1.14 bits per heavy atom. The van der Waals surface area contributed by atoms with Crippen molar-refractivity contribution in [2.45, 2.75) is 51.6 Å². The zero-order valence-electron chi connectivity index (χ0n) is 9.63. The quantitative estimate of drug-likeness (QED) is 0.738. The molecule has 2 heteroatoms. The fourth-order valence-corrected chi connectivity index (χ4v) is 2.42. The third-order valence-electron chi connectivity index (χ3n) is 3.37. The molecule has 1 heterocycles. The summed E-state index contributed by atoms with van der Waals surface area (Å²) in [5.41, 5.74) is 0. The van der Waals surface area contributed by atoms with E-state index in [9.17, 15) is 0 Å². The fraction of sp³-hybridized carbons (Fsp3) is 1.00. The molecule has 0 unspecified atom stereocenters. The molecule has 2 rings (SSSR count). The highest BCUT2D eigenvalue weighted by Gasteiger charge is 2.26. The molecular weight excluding hydrogens is 172 g/mol. The van der Waals surface area contributed by atoms with Crippen LogP contribution in [0.1, 0.15) is 39.5 Å².